The Morgan fingerprint density at radius 1 is 1.20 bits per heavy atom. The van der Waals surface area contributed by atoms with Gasteiger partial charge in [-0.15, -0.1) is 11.3 Å². The van der Waals surface area contributed by atoms with E-state index in [0.29, 0.717) is 10.2 Å². The van der Waals surface area contributed by atoms with Crippen LogP contribution < -0.4 is 5.32 Å². The zero-order chi connectivity index (χ0) is 18.2. The van der Waals surface area contributed by atoms with Crippen LogP contribution in [0.4, 0.5) is 5.69 Å². The molecule has 1 heterocycles. The van der Waals surface area contributed by atoms with Gasteiger partial charge in [0.2, 0.25) is 0 Å². The Hall–Kier alpha value is -1.96. The normalized spacial score (nSPS) is 11.8. The first kappa shape index (κ1) is 17.8. The Bertz CT molecular complexity index is 1060. The van der Waals surface area contributed by atoms with E-state index in [-0.39, 0.29) is 10.5 Å². The lowest BCUT2D eigenvalue weighted by molar-refractivity contribution is 0.102. The first-order chi connectivity index (χ1) is 11.8. The predicted octanol–water partition coefficient (Wildman–Crippen LogP) is 4.38. The summed E-state index contributed by atoms with van der Waals surface area (Å²) in [5.41, 5.74) is 1.42. The van der Waals surface area contributed by atoms with E-state index >= 15 is 0 Å². The monoisotopic (exact) mass is 394 g/mol. The molecule has 0 unspecified atom stereocenters. The predicted molar refractivity (Wildman–Crippen MR) is 101 cm³/mol. The maximum atomic E-state index is 12.6. The molecule has 0 aliphatic heterocycles. The van der Waals surface area contributed by atoms with E-state index in [9.17, 15) is 13.2 Å². The van der Waals surface area contributed by atoms with E-state index in [4.69, 9.17) is 11.6 Å². The summed E-state index contributed by atoms with van der Waals surface area (Å²) in [4.78, 5) is 16.8. The van der Waals surface area contributed by atoms with Crippen LogP contribution in [-0.4, -0.2) is 24.6 Å². The first-order valence-electron chi connectivity index (χ1n) is 7.49. The number of halogens is 1. The molecule has 0 aliphatic rings. The lowest BCUT2D eigenvalue weighted by Gasteiger charge is -2.13. The fourth-order valence-corrected chi connectivity index (χ4v) is 4.64. The van der Waals surface area contributed by atoms with Gasteiger partial charge in [-0.25, -0.2) is 13.4 Å². The Morgan fingerprint density at radius 3 is 2.64 bits per heavy atom. The zero-order valence-corrected chi connectivity index (χ0v) is 15.9. The van der Waals surface area contributed by atoms with Crippen molar-refractivity contribution in [3.8, 4) is 0 Å². The Labute approximate surface area is 154 Å². The van der Waals surface area contributed by atoms with Crippen LogP contribution in [0.1, 0.15) is 24.2 Å². The molecule has 0 spiro atoms. The number of sulfone groups is 1. The number of nitrogens with zero attached hydrogens (tertiary/aromatic N) is 1. The molecule has 1 amide bonds. The van der Waals surface area contributed by atoms with Crippen molar-refractivity contribution < 1.29 is 13.2 Å². The fraction of sp³-hybridized carbons (Fsp3) is 0.176. The molecule has 0 aliphatic carbocycles. The lowest BCUT2D eigenvalue weighted by Crippen LogP contribution is -2.20. The number of carbonyl (C=O) groups is 1. The number of hydrogen-bond donors (Lipinski definition) is 1. The summed E-state index contributed by atoms with van der Waals surface area (Å²) in [7, 11) is -3.56. The van der Waals surface area contributed by atoms with Crippen molar-refractivity contribution >= 4 is 54.6 Å². The number of aromatic nitrogens is 1. The molecule has 25 heavy (non-hydrogen) atoms. The SMILES string of the molecule is CC(C)S(=O)(=O)c1ccccc1C(=O)Nc1ccc2nc(Cl)sc2c1. The highest BCUT2D eigenvalue weighted by molar-refractivity contribution is 7.92. The van der Waals surface area contributed by atoms with Crippen LogP contribution in [0.2, 0.25) is 4.47 Å². The Morgan fingerprint density at radius 2 is 1.92 bits per heavy atom. The summed E-state index contributed by atoms with van der Waals surface area (Å²) in [5, 5.41) is 2.13. The largest absolute Gasteiger partial charge is 0.322 e. The molecule has 0 fully saturated rings. The average molecular weight is 395 g/mol. The van der Waals surface area contributed by atoms with E-state index < -0.39 is 21.0 Å². The van der Waals surface area contributed by atoms with Gasteiger partial charge in [-0.3, -0.25) is 4.79 Å². The van der Waals surface area contributed by atoms with Crippen LogP contribution in [0.3, 0.4) is 0 Å². The standard InChI is InChI=1S/C17H15ClN2O3S2/c1-10(2)25(22,23)15-6-4-3-5-12(15)16(21)19-11-7-8-13-14(9-11)24-17(18)20-13/h3-10H,1-2H3,(H,19,21). The van der Waals surface area contributed by atoms with Crippen LogP contribution in [0.15, 0.2) is 47.4 Å². The van der Waals surface area contributed by atoms with Crippen LogP contribution in [0.25, 0.3) is 10.2 Å². The third-order valence-corrected chi connectivity index (χ3v) is 7.01. The molecular weight excluding hydrogens is 380 g/mol. The zero-order valence-electron chi connectivity index (χ0n) is 13.5. The van der Waals surface area contributed by atoms with E-state index in [2.05, 4.69) is 10.3 Å². The van der Waals surface area contributed by atoms with Gasteiger partial charge in [0.1, 0.15) is 0 Å². The van der Waals surface area contributed by atoms with Gasteiger partial charge < -0.3 is 5.32 Å². The van der Waals surface area contributed by atoms with Gasteiger partial charge in [0.15, 0.2) is 14.3 Å². The Kier molecular flexibility index (Phi) is 4.81. The summed E-state index contributed by atoms with van der Waals surface area (Å²) in [6, 6.07) is 11.4. The van der Waals surface area contributed by atoms with Crippen molar-refractivity contribution in [3.05, 3.63) is 52.5 Å². The summed E-state index contributed by atoms with van der Waals surface area (Å²) in [6.45, 7) is 3.18. The van der Waals surface area contributed by atoms with Crippen LogP contribution in [0, 0.1) is 0 Å². The lowest BCUT2D eigenvalue weighted by atomic mass is 10.2. The molecule has 1 aromatic heterocycles. The van der Waals surface area contributed by atoms with Crippen molar-refractivity contribution in [2.75, 3.05) is 5.32 Å². The second kappa shape index (κ2) is 6.74. The maximum Gasteiger partial charge on any atom is 0.256 e. The fourth-order valence-electron chi connectivity index (χ4n) is 2.33. The molecule has 3 rings (SSSR count). The molecule has 0 saturated carbocycles. The van der Waals surface area contributed by atoms with Gasteiger partial charge in [0, 0.05) is 5.69 Å². The van der Waals surface area contributed by atoms with Crippen molar-refractivity contribution in [3.63, 3.8) is 0 Å². The highest BCUT2D eigenvalue weighted by Crippen LogP contribution is 2.28. The first-order valence-corrected chi connectivity index (χ1v) is 10.2. The van der Waals surface area contributed by atoms with E-state index in [1.165, 1.54) is 23.5 Å². The quantitative estimate of drug-likeness (QED) is 0.712. The molecule has 3 aromatic rings. The third kappa shape index (κ3) is 3.53. The number of amides is 1. The van der Waals surface area contributed by atoms with Gasteiger partial charge >= 0.3 is 0 Å². The van der Waals surface area contributed by atoms with Crippen LogP contribution in [0.5, 0.6) is 0 Å². The second-order valence-corrected chi connectivity index (χ2v) is 9.78. The highest BCUT2D eigenvalue weighted by atomic mass is 35.5. The van der Waals surface area contributed by atoms with Crippen molar-refractivity contribution in [1.82, 2.24) is 4.98 Å². The molecule has 1 N–H and O–H groups in total. The number of anilines is 1. The number of hydrogen-bond acceptors (Lipinski definition) is 5. The molecule has 0 saturated heterocycles. The summed E-state index contributed by atoms with van der Waals surface area (Å²) in [6.07, 6.45) is 0. The minimum atomic E-state index is -3.56. The molecule has 0 bridgehead atoms. The summed E-state index contributed by atoms with van der Waals surface area (Å²) < 4.78 is 26.2. The van der Waals surface area contributed by atoms with Crippen LogP contribution >= 0.6 is 22.9 Å². The number of thiazole rings is 1. The van der Waals surface area contributed by atoms with E-state index in [1.54, 1.807) is 44.2 Å². The van der Waals surface area contributed by atoms with Crippen LogP contribution in [-0.2, 0) is 9.84 Å². The number of rotatable bonds is 4. The number of benzene rings is 2. The van der Waals surface area contributed by atoms with Crippen molar-refractivity contribution in [2.45, 2.75) is 24.0 Å². The number of carbonyl (C=O) groups excluding carboxylic acids is 1. The molecule has 2 aromatic carbocycles. The van der Waals surface area contributed by atoms with E-state index in [0.717, 1.165) is 10.2 Å². The van der Waals surface area contributed by atoms with Gasteiger partial charge in [-0.2, -0.15) is 0 Å². The van der Waals surface area contributed by atoms with Gasteiger partial charge in [0.05, 0.1) is 25.9 Å². The van der Waals surface area contributed by atoms with Crippen molar-refractivity contribution in [1.29, 1.82) is 0 Å². The average Bonchev–Trinajstić information content (AvgIpc) is 2.94. The topological polar surface area (TPSA) is 76.1 Å². The summed E-state index contributed by atoms with van der Waals surface area (Å²) in [5.74, 6) is -0.477. The third-order valence-electron chi connectivity index (χ3n) is 3.68. The van der Waals surface area contributed by atoms with Gasteiger partial charge in [-0.1, -0.05) is 23.7 Å². The molecular formula is C17H15ClN2O3S2. The highest BCUT2D eigenvalue weighted by Gasteiger charge is 2.25. The minimum absolute atomic E-state index is 0.0319. The smallest absolute Gasteiger partial charge is 0.256 e. The molecule has 0 atom stereocenters. The Balaban J connectivity index is 1.96. The molecule has 130 valence electrons. The van der Waals surface area contributed by atoms with Gasteiger partial charge in [-0.05, 0) is 44.2 Å². The number of nitrogens with one attached hydrogen (secondary N) is 1. The van der Waals surface area contributed by atoms with E-state index in [1.807, 2.05) is 0 Å². The van der Waals surface area contributed by atoms with Gasteiger partial charge in [0.25, 0.3) is 5.91 Å². The minimum Gasteiger partial charge on any atom is -0.322 e. The molecule has 0 radical (unpaired) electrons. The number of fused-ring (bicyclic) bond motifs is 1. The molecule has 8 heteroatoms. The summed E-state index contributed by atoms with van der Waals surface area (Å²) >= 11 is 7.20. The second-order valence-electron chi connectivity index (χ2n) is 5.69. The van der Waals surface area contributed by atoms with Crippen molar-refractivity contribution in [2.24, 2.45) is 0 Å². The molecule has 5 nitrogen and oxygen atoms in total. The maximum absolute atomic E-state index is 12.6.